The van der Waals surface area contributed by atoms with Gasteiger partial charge >= 0.3 is 0 Å². The fourth-order valence-electron chi connectivity index (χ4n) is 3.10. The number of nitrogens with one attached hydrogen (secondary N) is 2. The van der Waals surface area contributed by atoms with Crippen LogP contribution < -0.4 is 20.1 Å². The third-order valence-corrected chi connectivity index (χ3v) is 4.29. The molecule has 0 radical (unpaired) electrons. The number of anilines is 1. The van der Waals surface area contributed by atoms with Crippen LogP contribution in [-0.4, -0.2) is 24.5 Å². The summed E-state index contributed by atoms with van der Waals surface area (Å²) in [5, 5.41) is 5.59. The first-order valence-electron chi connectivity index (χ1n) is 9.07. The van der Waals surface area contributed by atoms with Crippen LogP contribution >= 0.6 is 0 Å². The van der Waals surface area contributed by atoms with Gasteiger partial charge in [0, 0.05) is 42.3 Å². The molecular formula is C21H24N2O4. The summed E-state index contributed by atoms with van der Waals surface area (Å²) >= 11 is 0. The van der Waals surface area contributed by atoms with Crippen molar-refractivity contribution in [2.45, 2.75) is 39.8 Å². The van der Waals surface area contributed by atoms with Gasteiger partial charge in [-0.05, 0) is 50.2 Å². The highest BCUT2D eigenvalue weighted by atomic mass is 16.5. The Bertz CT molecular complexity index is 846. The van der Waals surface area contributed by atoms with Gasteiger partial charge in [-0.15, -0.1) is 0 Å². The molecule has 27 heavy (non-hydrogen) atoms. The monoisotopic (exact) mass is 368 g/mol. The summed E-state index contributed by atoms with van der Waals surface area (Å²) in [5.41, 5.74) is 3.19. The number of hydrogen-bond donors (Lipinski definition) is 2. The molecule has 1 atom stereocenters. The summed E-state index contributed by atoms with van der Waals surface area (Å²) in [5.74, 6) is 1.29. The van der Waals surface area contributed by atoms with Crippen LogP contribution in [0.5, 0.6) is 11.5 Å². The first-order valence-corrected chi connectivity index (χ1v) is 9.07. The molecule has 0 aliphatic carbocycles. The highest BCUT2D eigenvalue weighted by Gasteiger charge is 2.22. The molecule has 0 aromatic heterocycles. The second-order valence-electron chi connectivity index (χ2n) is 6.57. The fourth-order valence-corrected chi connectivity index (χ4v) is 3.10. The molecule has 6 nitrogen and oxygen atoms in total. The highest BCUT2D eigenvalue weighted by Crippen LogP contribution is 2.35. The van der Waals surface area contributed by atoms with E-state index in [0.717, 1.165) is 29.0 Å². The van der Waals surface area contributed by atoms with E-state index in [1.54, 1.807) is 24.3 Å². The van der Waals surface area contributed by atoms with E-state index < -0.39 is 0 Å². The van der Waals surface area contributed by atoms with Gasteiger partial charge in [0.15, 0.2) is 0 Å². The van der Waals surface area contributed by atoms with E-state index in [0.29, 0.717) is 24.4 Å². The van der Waals surface area contributed by atoms with Crippen molar-refractivity contribution in [1.82, 2.24) is 5.32 Å². The Morgan fingerprint density at radius 1 is 1.22 bits per heavy atom. The Morgan fingerprint density at radius 2 is 1.96 bits per heavy atom. The molecule has 2 N–H and O–H groups in total. The van der Waals surface area contributed by atoms with E-state index in [4.69, 9.17) is 9.47 Å². The number of carbonyl (C=O) groups is 2. The minimum Gasteiger partial charge on any atom is -0.494 e. The summed E-state index contributed by atoms with van der Waals surface area (Å²) < 4.78 is 11.6. The Labute approximate surface area is 158 Å². The van der Waals surface area contributed by atoms with Crippen LogP contribution in [0.3, 0.4) is 0 Å². The normalized spacial score (nSPS) is 14.9. The molecule has 2 amide bonds. The number of hydrogen-bond acceptors (Lipinski definition) is 4. The first kappa shape index (κ1) is 18.8. The Balaban J connectivity index is 1.69. The Kier molecular flexibility index (Phi) is 5.64. The Morgan fingerprint density at radius 3 is 2.63 bits per heavy atom. The number of amides is 2. The molecule has 1 aliphatic rings. The smallest absolute Gasteiger partial charge is 0.251 e. The lowest BCUT2D eigenvalue weighted by Crippen LogP contribution is -2.23. The second-order valence-corrected chi connectivity index (χ2v) is 6.57. The van der Waals surface area contributed by atoms with Crippen LogP contribution in [0, 0.1) is 0 Å². The van der Waals surface area contributed by atoms with Crippen LogP contribution in [0.25, 0.3) is 0 Å². The van der Waals surface area contributed by atoms with Crippen LogP contribution in [0.15, 0.2) is 36.4 Å². The molecule has 0 unspecified atom stereocenters. The summed E-state index contributed by atoms with van der Waals surface area (Å²) in [7, 11) is 0. The van der Waals surface area contributed by atoms with Gasteiger partial charge in [-0.3, -0.25) is 9.59 Å². The van der Waals surface area contributed by atoms with Gasteiger partial charge in [-0.1, -0.05) is 0 Å². The van der Waals surface area contributed by atoms with E-state index in [9.17, 15) is 9.59 Å². The average molecular weight is 368 g/mol. The molecule has 0 fully saturated rings. The van der Waals surface area contributed by atoms with Gasteiger partial charge in [0.05, 0.1) is 6.61 Å². The van der Waals surface area contributed by atoms with Crippen molar-refractivity contribution in [3.63, 3.8) is 0 Å². The maximum Gasteiger partial charge on any atom is 0.251 e. The third-order valence-electron chi connectivity index (χ3n) is 4.29. The van der Waals surface area contributed by atoms with E-state index >= 15 is 0 Å². The molecule has 0 bridgehead atoms. The number of benzene rings is 2. The van der Waals surface area contributed by atoms with Crippen LogP contribution in [0.1, 0.15) is 42.3 Å². The minimum absolute atomic E-state index is 0.149. The zero-order valence-corrected chi connectivity index (χ0v) is 15.8. The van der Waals surface area contributed by atoms with Gasteiger partial charge in [0.25, 0.3) is 5.91 Å². The largest absolute Gasteiger partial charge is 0.494 e. The number of ether oxygens (including phenoxy) is 2. The van der Waals surface area contributed by atoms with Crippen molar-refractivity contribution in [2.75, 3.05) is 11.9 Å². The van der Waals surface area contributed by atoms with E-state index in [2.05, 4.69) is 10.6 Å². The van der Waals surface area contributed by atoms with Gasteiger partial charge in [-0.2, -0.15) is 0 Å². The van der Waals surface area contributed by atoms with Gasteiger partial charge in [0.2, 0.25) is 5.91 Å². The predicted molar refractivity (Wildman–Crippen MR) is 103 cm³/mol. The van der Waals surface area contributed by atoms with Crippen molar-refractivity contribution in [2.24, 2.45) is 0 Å². The second kappa shape index (κ2) is 8.12. The van der Waals surface area contributed by atoms with Gasteiger partial charge in [-0.25, -0.2) is 0 Å². The first-order chi connectivity index (χ1) is 13.0. The number of fused-ring (bicyclic) bond motifs is 1. The van der Waals surface area contributed by atoms with Gasteiger partial charge < -0.3 is 20.1 Å². The zero-order valence-electron chi connectivity index (χ0n) is 15.8. The Hall–Kier alpha value is -3.02. The summed E-state index contributed by atoms with van der Waals surface area (Å²) in [6.07, 6.45) is 1.02. The maximum absolute atomic E-state index is 12.4. The van der Waals surface area contributed by atoms with Crippen molar-refractivity contribution in [3.8, 4) is 11.5 Å². The van der Waals surface area contributed by atoms with E-state index in [1.165, 1.54) is 6.92 Å². The topological polar surface area (TPSA) is 76.7 Å². The predicted octanol–water partition coefficient (Wildman–Crippen LogP) is 3.30. The fraction of sp³-hybridized carbons (Fsp3) is 0.333. The lowest BCUT2D eigenvalue weighted by atomic mass is 10.1. The van der Waals surface area contributed by atoms with E-state index in [1.807, 2.05) is 26.0 Å². The molecule has 3 rings (SSSR count). The van der Waals surface area contributed by atoms with Crippen LogP contribution in [0.4, 0.5) is 5.69 Å². The lowest BCUT2D eigenvalue weighted by molar-refractivity contribution is -0.114. The average Bonchev–Trinajstić information content (AvgIpc) is 2.98. The minimum atomic E-state index is -0.193. The number of rotatable bonds is 6. The van der Waals surface area contributed by atoms with Crippen molar-refractivity contribution in [1.29, 1.82) is 0 Å². The van der Waals surface area contributed by atoms with Crippen LogP contribution in [0.2, 0.25) is 0 Å². The number of carbonyl (C=O) groups excluding carboxylic acids is 2. The molecule has 0 saturated carbocycles. The van der Waals surface area contributed by atoms with Gasteiger partial charge in [0.1, 0.15) is 17.6 Å². The molecule has 0 saturated heterocycles. The highest BCUT2D eigenvalue weighted by molar-refractivity contribution is 5.95. The lowest BCUT2D eigenvalue weighted by Gasteiger charge is -2.13. The molecule has 2 aromatic rings. The molecule has 1 aliphatic heterocycles. The summed E-state index contributed by atoms with van der Waals surface area (Å²) in [6.45, 7) is 6.31. The molecular weight excluding hydrogens is 344 g/mol. The van der Waals surface area contributed by atoms with Crippen molar-refractivity contribution >= 4 is 17.5 Å². The van der Waals surface area contributed by atoms with Crippen molar-refractivity contribution in [3.05, 3.63) is 53.1 Å². The molecule has 142 valence electrons. The van der Waals surface area contributed by atoms with Crippen molar-refractivity contribution < 1.29 is 19.1 Å². The molecule has 2 aromatic carbocycles. The standard InChI is InChI=1S/C21H24N2O4/c1-4-26-19-10-16-9-13(2)27-20(16)11-17(19)12-22-21(25)15-5-7-18(8-6-15)23-14(3)24/h5-8,10-11,13H,4,9,12H2,1-3H3,(H,22,25)(H,23,24)/t13-/m0/s1. The molecule has 1 heterocycles. The quantitative estimate of drug-likeness (QED) is 0.820. The summed E-state index contributed by atoms with van der Waals surface area (Å²) in [4.78, 5) is 23.5. The third kappa shape index (κ3) is 4.58. The SMILES string of the molecule is CCOc1cc2c(cc1CNC(=O)c1ccc(NC(C)=O)cc1)O[C@@H](C)C2. The maximum atomic E-state index is 12.4. The van der Waals surface area contributed by atoms with E-state index in [-0.39, 0.29) is 17.9 Å². The zero-order chi connectivity index (χ0) is 19.4. The molecule has 6 heteroatoms. The van der Waals surface area contributed by atoms with Crippen LogP contribution in [-0.2, 0) is 17.8 Å². The summed E-state index contributed by atoms with van der Waals surface area (Å²) in [6, 6.07) is 10.7. The molecule has 0 spiro atoms.